The summed E-state index contributed by atoms with van der Waals surface area (Å²) in [5.74, 6) is 0.239. The van der Waals surface area contributed by atoms with Gasteiger partial charge in [0.05, 0.1) is 18.2 Å². The van der Waals surface area contributed by atoms with E-state index in [2.05, 4.69) is 5.32 Å². The van der Waals surface area contributed by atoms with Gasteiger partial charge in [0.1, 0.15) is 11.6 Å². The highest BCUT2D eigenvalue weighted by Crippen LogP contribution is 2.32. The SMILES string of the molecule is CCNC(c1ccc(Cl)c(F)c1)c1ccc(OC)cc1Cl. The molecular formula is C16H16Cl2FNO. The van der Waals surface area contributed by atoms with Crippen LogP contribution >= 0.6 is 23.2 Å². The molecule has 0 aliphatic carbocycles. The van der Waals surface area contributed by atoms with Gasteiger partial charge in [0, 0.05) is 5.02 Å². The van der Waals surface area contributed by atoms with E-state index in [1.54, 1.807) is 25.3 Å². The predicted molar refractivity (Wildman–Crippen MR) is 84.9 cm³/mol. The fourth-order valence-corrected chi connectivity index (χ4v) is 2.57. The van der Waals surface area contributed by atoms with E-state index < -0.39 is 5.82 Å². The van der Waals surface area contributed by atoms with E-state index in [9.17, 15) is 4.39 Å². The lowest BCUT2D eigenvalue weighted by atomic mass is 9.98. The van der Waals surface area contributed by atoms with Crippen LogP contribution in [0.4, 0.5) is 4.39 Å². The Morgan fingerprint density at radius 3 is 2.48 bits per heavy atom. The summed E-state index contributed by atoms with van der Waals surface area (Å²) >= 11 is 12.1. The molecule has 0 aromatic heterocycles. The van der Waals surface area contributed by atoms with Gasteiger partial charge in [-0.15, -0.1) is 0 Å². The first-order chi connectivity index (χ1) is 10.1. The van der Waals surface area contributed by atoms with E-state index in [1.165, 1.54) is 6.07 Å². The summed E-state index contributed by atoms with van der Waals surface area (Å²) in [5.41, 5.74) is 1.63. The van der Waals surface area contributed by atoms with Gasteiger partial charge in [-0.3, -0.25) is 0 Å². The number of hydrogen-bond donors (Lipinski definition) is 1. The van der Waals surface area contributed by atoms with Crippen molar-refractivity contribution in [3.8, 4) is 5.75 Å². The molecule has 0 spiro atoms. The van der Waals surface area contributed by atoms with Gasteiger partial charge in [-0.25, -0.2) is 4.39 Å². The maximum absolute atomic E-state index is 13.7. The fraction of sp³-hybridized carbons (Fsp3) is 0.250. The summed E-state index contributed by atoms with van der Waals surface area (Å²) in [7, 11) is 1.59. The minimum absolute atomic E-state index is 0.106. The highest BCUT2D eigenvalue weighted by Gasteiger charge is 2.18. The van der Waals surface area contributed by atoms with Gasteiger partial charge in [0.2, 0.25) is 0 Å². The Morgan fingerprint density at radius 1 is 1.14 bits per heavy atom. The quantitative estimate of drug-likeness (QED) is 0.848. The Bertz CT molecular complexity index is 634. The Balaban J connectivity index is 2.45. The van der Waals surface area contributed by atoms with E-state index in [0.717, 1.165) is 17.7 Å². The minimum Gasteiger partial charge on any atom is -0.497 e. The van der Waals surface area contributed by atoms with Gasteiger partial charge in [-0.05, 0) is 41.9 Å². The van der Waals surface area contributed by atoms with E-state index in [0.29, 0.717) is 10.8 Å². The Kier molecular flexibility index (Phi) is 5.45. The maximum atomic E-state index is 13.7. The van der Waals surface area contributed by atoms with Crippen molar-refractivity contribution in [2.75, 3.05) is 13.7 Å². The molecule has 2 aromatic rings. The predicted octanol–water partition coefficient (Wildman–Crippen LogP) is 4.84. The third kappa shape index (κ3) is 3.67. The number of nitrogens with one attached hydrogen (secondary N) is 1. The Morgan fingerprint density at radius 2 is 1.90 bits per heavy atom. The fourth-order valence-electron chi connectivity index (χ4n) is 2.17. The molecule has 1 atom stereocenters. The van der Waals surface area contributed by atoms with Crippen LogP contribution in [0.25, 0.3) is 0 Å². The third-order valence-electron chi connectivity index (χ3n) is 3.20. The summed E-state index contributed by atoms with van der Waals surface area (Å²) in [5, 5.41) is 3.98. The van der Waals surface area contributed by atoms with Crippen molar-refractivity contribution in [3.05, 3.63) is 63.4 Å². The number of benzene rings is 2. The summed E-state index contributed by atoms with van der Waals surface area (Å²) in [6.45, 7) is 2.70. The summed E-state index contributed by atoms with van der Waals surface area (Å²) in [4.78, 5) is 0. The topological polar surface area (TPSA) is 21.3 Å². The van der Waals surface area contributed by atoms with Crippen molar-refractivity contribution in [2.24, 2.45) is 0 Å². The number of rotatable bonds is 5. The van der Waals surface area contributed by atoms with Gasteiger partial charge >= 0.3 is 0 Å². The zero-order valence-electron chi connectivity index (χ0n) is 11.8. The van der Waals surface area contributed by atoms with Gasteiger partial charge in [-0.1, -0.05) is 42.3 Å². The molecule has 21 heavy (non-hydrogen) atoms. The lowest BCUT2D eigenvalue weighted by Gasteiger charge is -2.21. The van der Waals surface area contributed by atoms with E-state index in [1.807, 2.05) is 19.1 Å². The number of ether oxygens (including phenoxy) is 1. The molecule has 1 N–H and O–H groups in total. The van der Waals surface area contributed by atoms with Gasteiger partial charge in [0.15, 0.2) is 0 Å². The number of halogens is 3. The highest BCUT2D eigenvalue weighted by molar-refractivity contribution is 6.31. The zero-order valence-corrected chi connectivity index (χ0v) is 13.3. The molecule has 0 fully saturated rings. The second-order valence-electron chi connectivity index (χ2n) is 4.55. The van der Waals surface area contributed by atoms with Crippen LogP contribution in [0.5, 0.6) is 5.75 Å². The molecule has 0 aliphatic heterocycles. The van der Waals surface area contributed by atoms with Gasteiger partial charge < -0.3 is 10.1 Å². The van der Waals surface area contributed by atoms with Crippen LogP contribution in [0.2, 0.25) is 10.0 Å². The maximum Gasteiger partial charge on any atom is 0.142 e. The summed E-state index contributed by atoms with van der Waals surface area (Å²) < 4.78 is 18.9. The second-order valence-corrected chi connectivity index (χ2v) is 5.37. The smallest absolute Gasteiger partial charge is 0.142 e. The van der Waals surface area contributed by atoms with Crippen LogP contribution in [0.3, 0.4) is 0 Å². The molecule has 0 aliphatic rings. The molecule has 0 saturated heterocycles. The molecule has 5 heteroatoms. The average molecular weight is 328 g/mol. The Hall–Kier alpha value is -1.29. The lowest BCUT2D eigenvalue weighted by Crippen LogP contribution is -2.22. The van der Waals surface area contributed by atoms with Crippen LogP contribution in [0.1, 0.15) is 24.1 Å². The first-order valence-corrected chi connectivity index (χ1v) is 7.34. The van der Waals surface area contributed by atoms with Crippen LogP contribution in [0, 0.1) is 5.82 Å². The molecule has 112 valence electrons. The second kappa shape index (κ2) is 7.12. The van der Waals surface area contributed by atoms with Crippen LogP contribution in [-0.4, -0.2) is 13.7 Å². The molecule has 2 aromatic carbocycles. The lowest BCUT2D eigenvalue weighted by molar-refractivity contribution is 0.414. The molecule has 0 saturated carbocycles. The molecule has 0 bridgehead atoms. The summed E-state index contributed by atoms with van der Waals surface area (Å²) in [6, 6.07) is 10.0. The first kappa shape index (κ1) is 16.1. The number of hydrogen-bond acceptors (Lipinski definition) is 2. The molecule has 1 unspecified atom stereocenters. The van der Waals surface area contributed by atoms with Crippen molar-refractivity contribution < 1.29 is 9.13 Å². The van der Waals surface area contributed by atoms with Crippen LogP contribution < -0.4 is 10.1 Å². The largest absolute Gasteiger partial charge is 0.497 e. The van der Waals surface area contributed by atoms with Gasteiger partial charge in [0.25, 0.3) is 0 Å². The molecule has 2 nitrogen and oxygen atoms in total. The molecule has 2 rings (SSSR count). The van der Waals surface area contributed by atoms with Crippen molar-refractivity contribution in [3.63, 3.8) is 0 Å². The minimum atomic E-state index is -0.443. The van der Waals surface area contributed by atoms with E-state index in [-0.39, 0.29) is 11.1 Å². The molecule has 0 radical (unpaired) electrons. The normalized spacial score (nSPS) is 12.2. The van der Waals surface area contributed by atoms with Crippen molar-refractivity contribution >= 4 is 23.2 Å². The monoisotopic (exact) mass is 327 g/mol. The van der Waals surface area contributed by atoms with Gasteiger partial charge in [-0.2, -0.15) is 0 Å². The standard InChI is InChI=1S/C16H16Cl2FNO/c1-3-20-16(10-4-7-13(17)15(19)8-10)12-6-5-11(21-2)9-14(12)18/h4-9,16,20H,3H2,1-2H3. The average Bonchev–Trinajstić information content (AvgIpc) is 2.48. The van der Waals surface area contributed by atoms with Crippen LogP contribution in [-0.2, 0) is 0 Å². The first-order valence-electron chi connectivity index (χ1n) is 6.58. The van der Waals surface area contributed by atoms with Crippen LogP contribution in [0.15, 0.2) is 36.4 Å². The van der Waals surface area contributed by atoms with Crippen molar-refractivity contribution in [1.82, 2.24) is 5.32 Å². The van der Waals surface area contributed by atoms with Crippen molar-refractivity contribution in [2.45, 2.75) is 13.0 Å². The van der Waals surface area contributed by atoms with Crippen molar-refractivity contribution in [1.29, 1.82) is 0 Å². The highest BCUT2D eigenvalue weighted by atomic mass is 35.5. The zero-order chi connectivity index (χ0) is 15.4. The summed E-state index contributed by atoms with van der Waals surface area (Å²) in [6.07, 6.45) is 0. The Labute approximate surface area is 133 Å². The molecule has 0 amide bonds. The molecule has 0 heterocycles. The van der Waals surface area contributed by atoms with E-state index in [4.69, 9.17) is 27.9 Å². The van der Waals surface area contributed by atoms with E-state index >= 15 is 0 Å². The number of methoxy groups -OCH3 is 1. The molecular weight excluding hydrogens is 312 g/mol. The third-order valence-corrected chi connectivity index (χ3v) is 3.84.